The van der Waals surface area contributed by atoms with Gasteiger partial charge in [-0.15, -0.1) is 0 Å². The Kier molecular flexibility index (Phi) is 9.13. The van der Waals surface area contributed by atoms with Crippen molar-refractivity contribution in [1.29, 1.82) is 0 Å². The first kappa shape index (κ1) is 31.0. The molecule has 4 aliphatic rings. The van der Waals surface area contributed by atoms with Crippen molar-refractivity contribution in [2.75, 3.05) is 0 Å². The van der Waals surface area contributed by atoms with Gasteiger partial charge in [-0.1, -0.05) is 36.9 Å². The van der Waals surface area contributed by atoms with Crippen molar-refractivity contribution in [1.82, 2.24) is 4.57 Å². The van der Waals surface area contributed by atoms with Gasteiger partial charge in [-0.3, -0.25) is 0 Å². The molecule has 4 aromatic rings. The minimum atomic E-state index is -1.19. The van der Waals surface area contributed by atoms with Crippen LogP contribution in [0, 0.1) is 6.92 Å². The van der Waals surface area contributed by atoms with E-state index in [1.807, 2.05) is 0 Å². The van der Waals surface area contributed by atoms with Crippen LogP contribution in [0.15, 0.2) is 90.0 Å². The second kappa shape index (κ2) is 11.8. The number of aryl methyl sites for hydroxylation is 2. The van der Waals surface area contributed by atoms with Crippen LogP contribution in [-0.2, 0) is 31.1 Å². The van der Waals surface area contributed by atoms with Crippen LogP contribution in [0.4, 0.5) is 0 Å². The van der Waals surface area contributed by atoms with Crippen molar-refractivity contribution in [2.45, 2.75) is 56.4 Å². The Bertz CT molecular complexity index is 1610. The summed E-state index contributed by atoms with van der Waals surface area (Å²) in [5.41, 5.74) is 16.8. The van der Waals surface area contributed by atoms with Gasteiger partial charge in [0.2, 0.25) is 0 Å². The number of benzene rings is 3. The van der Waals surface area contributed by atoms with Crippen LogP contribution in [0.1, 0.15) is 63.6 Å². The van der Waals surface area contributed by atoms with Crippen molar-refractivity contribution in [3.05, 3.63) is 124 Å². The summed E-state index contributed by atoms with van der Waals surface area (Å²) >= 11 is 1.59. The maximum atomic E-state index is 2.52. The second-order valence-electron chi connectivity index (χ2n) is 11.7. The van der Waals surface area contributed by atoms with E-state index in [-0.39, 0.29) is 24.8 Å². The Labute approximate surface area is 268 Å². The van der Waals surface area contributed by atoms with Crippen LogP contribution in [0.2, 0.25) is 13.1 Å². The molecule has 2 bridgehead atoms. The quantitative estimate of drug-likeness (QED) is 0.297. The zero-order valence-corrected chi connectivity index (χ0v) is 29.1. The average molecular weight is 661 g/mol. The van der Waals surface area contributed by atoms with Gasteiger partial charge in [-0.05, 0) is 42.8 Å². The van der Waals surface area contributed by atoms with Gasteiger partial charge in [0.1, 0.15) is 0 Å². The summed E-state index contributed by atoms with van der Waals surface area (Å²) in [6.07, 6.45) is 3.48. The molecule has 2 atom stereocenters. The number of halogens is 2. The predicted octanol–water partition coefficient (Wildman–Crippen LogP) is 3.39. The molecule has 203 valence electrons. The summed E-state index contributed by atoms with van der Waals surface area (Å²) in [7, 11) is -1.19. The van der Waals surface area contributed by atoms with Crippen LogP contribution in [0.3, 0.4) is 0 Å². The van der Waals surface area contributed by atoms with Crippen molar-refractivity contribution in [2.24, 2.45) is 0 Å². The van der Waals surface area contributed by atoms with Crippen LogP contribution in [0.5, 0.6) is 0 Å². The predicted molar refractivity (Wildman–Crippen MR) is 161 cm³/mol. The van der Waals surface area contributed by atoms with Gasteiger partial charge in [-0.25, -0.2) is 0 Å². The Hall–Kier alpha value is -1.90. The Morgan fingerprint density at radius 3 is 2.12 bits per heavy atom. The monoisotopic (exact) mass is 658 g/mol. The van der Waals surface area contributed by atoms with Gasteiger partial charge in [0.25, 0.3) is 0 Å². The van der Waals surface area contributed by atoms with E-state index in [9.17, 15) is 0 Å². The molecule has 40 heavy (non-hydrogen) atoms. The normalized spacial score (nSPS) is 18.9. The maximum absolute atomic E-state index is 2.52. The third-order valence-corrected chi connectivity index (χ3v) is 14.9. The molecular weight excluding hydrogens is 625 g/mol. The zero-order chi connectivity index (χ0) is 26.8. The number of rotatable bonds is 3. The summed E-state index contributed by atoms with van der Waals surface area (Å²) < 4.78 is 3.12. The summed E-state index contributed by atoms with van der Waals surface area (Å²) in [5, 5.41) is 1.71. The molecule has 0 radical (unpaired) electrons. The SMILES string of the molecule is CC1=C2c3c(cc(C)n3-c3ccccc3)C1[Si]2(C)C.CCc1ccc(-c2cccc3c2C=C(C)[CH]3[Zr+2])cc1.[Cl-].[Cl-]. The van der Waals surface area contributed by atoms with Crippen LogP contribution in [-0.4, -0.2) is 12.6 Å². The fraction of sp³-hybridized carbons (Fsp3) is 0.257. The number of aromatic nitrogens is 1. The van der Waals surface area contributed by atoms with Crippen molar-refractivity contribution in [3.63, 3.8) is 0 Å². The molecule has 0 amide bonds. The Balaban J connectivity index is 0.000000176. The molecule has 5 heteroatoms. The molecule has 8 rings (SSSR count). The number of hydrogen-bond donors (Lipinski definition) is 0. The van der Waals surface area contributed by atoms with E-state index >= 15 is 0 Å². The largest absolute Gasteiger partial charge is 1.00 e. The first-order chi connectivity index (χ1) is 18.2. The maximum Gasteiger partial charge on any atom is -1.00 e. The summed E-state index contributed by atoms with van der Waals surface area (Å²) in [6.45, 7) is 14.1. The summed E-state index contributed by atoms with van der Waals surface area (Å²) in [5.74, 6) is 0. The summed E-state index contributed by atoms with van der Waals surface area (Å²) in [4.78, 5) is 0. The molecule has 1 nitrogen and oxygen atoms in total. The fourth-order valence-corrected chi connectivity index (χ4v) is 12.3. The number of hydrogen-bond acceptors (Lipinski definition) is 0. The first-order valence-corrected chi connectivity index (χ1v) is 18.3. The van der Waals surface area contributed by atoms with E-state index < -0.39 is 8.07 Å². The van der Waals surface area contributed by atoms with Crippen LogP contribution >= 0.6 is 0 Å². The molecule has 1 aromatic heterocycles. The van der Waals surface area contributed by atoms with E-state index in [4.69, 9.17) is 0 Å². The minimum Gasteiger partial charge on any atom is -1.00 e. The van der Waals surface area contributed by atoms with E-state index in [0.29, 0.717) is 3.63 Å². The smallest absolute Gasteiger partial charge is 1.00 e. The third-order valence-electron chi connectivity index (χ3n) is 8.92. The molecule has 3 heterocycles. The standard InChI is InChI=1S/C18H17.C17H19NSi.2ClH.Zr/c1-3-14-7-9-15(10-8-14)17-6-4-5-16-11-13(2)12-18(16)17;1-11-10-14-15(17-12(2)16(14)19(17,3)4)18(11)13-8-6-5-7-9-13;;;/h4-12H,3H2,1-2H3;5-10,16H,1-4H3;2*1H;/q;;;;+2/p-2. The molecule has 0 saturated heterocycles. The first-order valence-electron chi connectivity index (χ1n) is 13.8. The molecule has 2 aliphatic heterocycles. The van der Waals surface area contributed by atoms with Gasteiger partial charge >= 0.3 is 131 Å². The molecule has 0 saturated carbocycles. The fourth-order valence-electron chi connectivity index (χ4n) is 7.15. The Morgan fingerprint density at radius 2 is 1.50 bits per heavy atom. The van der Waals surface area contributed by atoms with Gasteiger partial charge in [0, 0.05) is 22.6 Å². The minimum absolute atomic E-state index is 0. The molecule has 2 unspecified atom stereocenters. The average Bonchev–Trinajstić information content (AvgIpc) is 3.57. The van der Waals surface area contributed by atoms with E-state index in [2.05, 4.69) is 130 Å². The molecular formula is C35H36Cl2NSiZr. The van der Waals surface area contributed by atoms with Gasteiger partial charge in [0.15, 0.2) is 0 Å². The molecule has 0 spiro atoms. The number of allylic oxidation sites excluding steroid dienone is 2. The van der Waals surface area contributed by atoms with Gasteiger partial charge in [0.05, 0.1) is 8.07 Å². The van der Waals surface area contributed by atoms with E-state index in [1.165, 1.54) is 50.5 Å². The van der Waals surface area contributed by atoms with E-state index in [0.717, 1.165) is 12.0 Å². The third kappa shape index (κ3) is 4.82. The van der Waals surface area contributed by atoms with Crippen LogP contribution in [0.25, 0.3) is 28.1 Å². The number of para-hydroxylation sites is 1. The molecule has 0 fully saturated rings. The van der Waals surface area contributed by atoms with Gasteiger partial charge in [-0.2, -0.15) is 0 Å². The number of fused-ring (bicyclic) bond motifs is 1. The second-order valence-corrected chi connectivity index (χ2v) is 17.6. The van der Waals surface area contributed by atoms with Crippen molar-refractivity contribution >= 4 is 19.3 Å². The Morgan fingerprint density at radius 1 is 0.825 bits per heavy atom. The molecule has 3 aromatic carbocycles. The number of nitrogens with zero attached hydrogens (tertiary/aromatic N) is 1. The van der Waals surface area contributed by atoms with Crippen molar-refractivity contribution in [3.8, 4) is 16.8 Å². The molecule has 0 N–H and O–H groups in total. The topological polar surface area (TPSA) is 4.93 Å². The van der Waals surface area contributed by atoms with E-state index in [1.54, 1.807) is 41.1 Å². The zero-order valence-electron chi connectivity index (χ0n) is 24.1. The van der Waals surface area contributed by atoms with Crippen molar-refractivity contribution < 1.29 is 49.5 Å². The van der Waals surface area contributed by atoms with Gasteiger partial charge < -0.3 is 29.4 Å². The molecule has 2 aliphatic carbocycles. The van der Waals surface area contributed by atoms with Crippen LogP contribution < -0.4 is 24.8 Å². The summed E-state index contributed by atoms with van der Waals surface area (Å²) in [6, 6.07) is 28.9.